The third-order valence-corrected chi connectivity index (χ3v) is 2.14. The Labute approximate surface area is 89.0 Å². The summed E-state index contributed by atoms with van der Waals surface area (Å²) in [6.45, 7) is 1.62. The molecule has 78 valence electrons. The van der Waals surface area contributed by atoms with Gasteiger partial charge in [0, 0.05) is 31.3 Å². The van der Waals surface area contributed by atoms with E-state index in [4.69, 9.17) is 0 Å². The Bertz CT molecular complexity index is 408. The molecule has 4 nitrogen and oxygen atoms in total. The van der Waals surface area contributed by atoms with E-state index in [1.807, 2.05) is 19.3 Å². The maximum atomic E-state index is 4.18. The van der Waals surface area contributed by atoms with Crippen molar-refractivity contribution in [2.75, 3.05) is 7.05 Å². The minimum atomic E-state index is 0.727. The minimum Gasteiger partial charge on any atom is -0.346 e. The first-order valence-electron chi connectivity index (χ1n) is 4.93. The van der Waals surface area contributed by atoms with E-state index < -0.39 is 0 Å². The van der Waals surface area contributed by atoms with Crippen molar-refractivity contribution >= 4 is 0 Å². The molecule has 2 rings (SSSR count). The van der Waals surface area contributed by atoms with Crippen molar-refractivity contribution in [2.24, 2.45) is 0 Å². The van der Waals surface area contributed by atoms with Crippen molar-refractivity contribution in [3.05, 3.63) is 48.3 Å². The summed E-state index contributed by atoms with van der Waals surface area (Å²) in [5.41, 5.74) is 1.27. The maximum Gasteiger partial charge on any atom is 0.147 e. The van der Waals surface area contributed by atoms with Crippen molar-refractivity contribution in [1.82, 2.24) is 19.9 Å². The molecule has 0 unspecified atom stereocenters. The standard InChI is InChI=1S/C11H14N4/c1-12-7-10-3-6-15(8-10)9-11-13-4-2-5-14-11/h2-6,8,12H,7,9H2,1H3. The highest BCUT2D eigenvalue weighted by atomic mass is 15.0. The lowest BCUT2D eigenvalue weighted by atomic mass is 10.3. The highest BCUT2D eigenvalue weighted by molar-refractivity contribution is 5.10. The van der Waals surface area contributed by atoms with E-state index in [9.17, 15) is 0 Å². The van der Waals surface area contributed by atoms with Gasteiger partial charge >= 0.3 is 0 Å². The van der Waals surface area contributed by atoms with Crippen LogP contribution in [0.2, 0.25) is 0 Å². The molecular weight excluding hydrogens is 188 g/mol. The van der Waals surface area contributed by atoms with Gasteiger partial charge in [0.15, 0.2) is 0 Å². The molecule has 1 N–H and O–H groups in total. The van der Waals surface area contributed by atoms with Crippen LogP contribution in [0.4, 0.5) is 0 Å². The Balaban J connectivity index is 2.05. The molecule has 0 saturated carbocycles. The van der Waals surface area contributed by atoms with Crippen LogP contribution in [0.1, 0.15) is 11.4 Å². The van der Waals surface area contributed by atoms with Crippen LogP contribution in [0.5, 0.6) is 0 Å². The van der Waals surface area contributed by atoms with Crippen LogP contribution >= 0.6 is 0 Å². The Morgan fingerprint density at radius 2 is 2.13 bits per heavy atom. The summed E-state index contributed by atoms with van der Waals surface area (Å²) >= 11 is 0. The first-order chi connectivity index (χ1) is 7.38. The lowest BCUT2D eigenvalue weighted by Gasteiger charge is -2.00. The van der Waals surface area contributed by atoms with E-state index in [1.165, 1.54) is 5.56 Å². The van der Waals surface area contributed by atoms with Gasteiger partial charge in [-0.05, 0) is 24.7 Å². The van der Waals surface area contributed by atoms with E-state index in [2.05, 4.69) is 32.1 Å². The van der Waals surface area contributed by atoms with Gasteiger partial charge in [-0.2, -0.15) is 0 Å². The van der Waals surface area contributed by atoms with Crippen LogP contribution in [-0.4, -0.2) is 21.6 Å². The summed E-state index contributed by atoms with van der Waals surface area (Å²) in [4.78, 5) is 8.36. The van der Waals surface area contributed by atoms with Gasteiger partial charge in [-0.25, -0.2) is 9.97 Å². The quantitative estimate of drug-likeness (QED) is 0.805. The van der Waals surface area contributed by atoms with Crippen molar-refractivity contribution < 1.29 is 0 Å². The highest BCUT2D eigenvalue weighted by Crippen LogP contribution is 2.02. The predicted molar refractivity (Wildman–Crippen MR) is 58.3 cm³/mol. The second kappa shape index (κ2) is 4.70. The molecule has 0 aliphatic rings. The van der Waals surface area contributed by atoms with Crippen LogP contribution < -0.4 is 5.32 Å². The average Bonchev–Trinajstić information content (AvgIpc) is 2.68. The lowest BCUT2D eigenvalue weighted by Crippen LogP contribution is -2.04. The smallest absolute Gasteiger partial charge is 0.147 e. The van der Waals surface area contributed by atoms with Gasteiger partial charge < -0.3 is 9.88 Å². The molecule has 0 bridgehead atoms. The first-order valence-corrected chi connectivity index (χ1v) is 4.93. The van der Waals surface area contributed by atoms with Gasteiger partial charge in [-0.1, -0.05) is 0 Å². The fourth-order valence-corrected chi connectivity index (χ4v) is 1.47. The van der Waals surface area contributed by atoms with Crippen LogP contribution in [-0.2, 0) is 13.1 Å². The summed E-state index contributed by atoms with van der Waals surface area (Å²) in [6.07, 6.45) is 7.68. The third-order valence-electron chi connectivity index (χ3n) is 2.14. The third kappa shape index (κ3) is 2.63. The molecule has 0 fully saturated rings. The van der Waals surface area contributed by atoms with Crippen LogP contribution in [0.25, 0.3) is 0 Å². The summed E-state index contributed by atoms with van der Waals surface area (Å²) in [5, 5.41) is 3.12. The highest BCUT2D eigenvalue weighted by Gasteiger charge is 1.98. The fraction of sp³-hybridized carbons (Fsp3) is 0.273. The monoisotopic (exact) mass is 202 g/mol. The molecule has 0 spiro atoms. The summed E-state index contributed by atoms with van der Waals surface area (Å²) in [5.74, 6) is 0.837. The molecule has 2 heterocycles. The molecule has 0 radical (unpaired) electrons. The maximum absolute atomic E-state index is 4.18. The number of rotatable bonds is 4. The van der Waals surface area contributed by atoms with Gasteiger partial charge in [0.1, 0.15) is 5.82 Å². The molecule has 0 amide bonds. The Morgan fingerprint density at radius 1 is 1.33 bits per heavy atom. The van der Waals surface area contributed by atoms with Gasteiger partial charge in [0.05, 0.1) is 6.54 Å². The van der Waals surface area contributed by atoms with E-state index in [-0.39, 0.29) is 0 Å². The SMILES string of the molecule is CNCc1ccn(Cc2ncccn2)c1. The molecule has 0 aromatic carbocycles. The molecule has 15 heavy (non-hydrogen) atoms. The van der Waals surface area contributed by atoms with Crippen LogP contribution in [0.3, 0.4) is 0 Å². The Morgan fingerprint density at radius 3 is 2.87 bits per heavy atom. The van der Waals surface area contributed by atoms with Gasteiger partial charge in [-0.15, -0.1) is 0 Å². The zero-order valence-corrected chi connectivity index (χ0v) is 8.72. The fourth-order valence-electron chi connectivity index (χ4n) is 1.47. The van der Waals surface area contributed by atoms with Gasteiger partial charge in [0.2, 0.25) is 0 Å². The number of hydrogen-bond acceptors (Lipinski definition) is 3. The van der Waals surface area contributed by atoms with Crippen LogP contribution in [0.15, 0.2) is 36.9 Å². The normalized spacial score (nSPS) is 10.5. The zero-order chi connectivity index (χ0) is 10.5. The summed E-state index contributed by atoms with van der Waals surface area (Å²) < 4.78 is 2.09. The minimum absolute atomic E-state index is 0.727. The summed E-state index contributed by atoms with van der Waals surface area (Å²) in [6, 6.07) is 3.92. The predicted octanol–water partition coefficient (Wildman–Crippen LogP) is 1.05. The second-order valence-electron chi connectivity index (χ2n) is 3.39. The van der Waals surface area contributed by atoms with Crippen molar-refractivity contribution in [3.8, 4) is 0 Å². The Kier molecular flexibility index (Phi) is 3.09. The van der Waals surface area contributed by atoms with E-state index in [0.29, 0.717) is 0 Å². The summed E-state index contributed by atoms with van der Waals surface area (Å²) in [7, 11) is 1.94. The molecule has 0 aliphatic carbocycles. The number of nitrogens with one attached hydrogen (secondary N) is 1. The number of aromatic nitrogens is 3. The van der Waals surface area contributed by atoms with Gasteiger partial charge in [-0.3, -0.25) is 0 Å². The number of nitrogens with zero attached hydrogens (tertiary/aromatic N) is 3. The van der Waals surface area contributed by atoms with Crippen LogP contribution in [0, 0.1) is 0 Å². The van der Waals surface area contributed by atoms with Crippen molar-refractivity contribution in [3.63, 3.8) is 0 Å². The largest absolute Gasteiger partial charge is 0.346 e. The van der Waals surface area contributed by atoms with E-state index in [1.54, 1.807) is 12.4 Å². The van der Waals surface area contributed by atoms with Crippen molar-refractivity contribution in [2.45, 2.75) is 13.1 Å². The molecule has 0 atom stereocenters. The molecule has 2 aromatic heterocycles. The van der Waals surface area contributed by atoms with Gasteiger partial charge in [0.25, 0.3) is 0 Å². The van der Waals surface area contributed by atoms with Crippen molar-refractivity contribution in [1.29, 1.82) is 0 Å². The van der Waals surface area contributed by atoms with E-state index in [0.717, 1.165) is 18.9 Å². The molecule has 0 aliphatic heterocycles. The van der Waals surface area contributed by atoms with E-state index >= 15 is 0 Å². The topological polar surface area (TPSA) is 42.7 Å². The number of hydrogen-bond donors (Lipinski definition) is 1. The second-order valence-corrected chi connectivity index (χ2v) is 3.39. The molecule has 2 aromatic rings. The first kappa shape index (κ1) is 9.86. The Hall–Kier alpha value is -1.68. The molecule has 4 heteroatoms. The molecule has 0 saturated heterocycles. The molecular formula is C11H14N4. The lowest BCUT2D eigenvalue weighted by molar-refractivity contribution is 0.740. The zero-order valence-electron chi connectivity index (χ0n) is 8.72. The average molecular weight is 202 g/mol.